The number of nitrogens with one attached hydrogen (secondary N) is 1. The van der Waals surface area contributed by atoms with Gasteiger partial charge in [0.2, 0.25) is 0 Å². The van der Waals surface area contributed by atoms with Crippen molar-refractivity contribution in [3.05, 3.63) is 34.6 Å². The summed E-state index contributed by atoms with van der Waals surface area (Å²) < 4.78 is 14.4. The SMILES string of the molecule is CC[C@@H]1Cc2c(F)cc(C(=O)O)cc2CN1C1CC2(CCNCC2)C1. The van der Waals surface area contributed by atoms with Gasteiger partial charge in [-0.1, -0.05) is 6.92 Å². The molecule has 0 radical (unpaired) electrons. The normalized spacial score (nSPS) is 26.2. The van der Waals surface area contributed by atoms with E-state index in [0.29, 0.717) is 30.5 Å². The number of carboxylic acids is 1. The van der Waals surface area contributed by atoms with Crippen LogP contribution in [0.1, 0.15) is 60.5 Å². The third-order valence-electron chi connectivity index (χ3n) is 6.74. The molecule has 0 unspecified atom stereocenters. The number of aromatic carboxylic acids is 1. The largest absolute Gasteiger partial charge is 0.478 e. The number of benzene rings is 1. The number of fused-ring (bicyclic) bond motifs is 1. The number of hydrogen-bond donors (Lipinski definition) is 2. The Kier molecular flexibility index (Phi) is 4.32. The Labute approximate surface area is 148 Å². The summed E-state index contributed by atoms with van der Waals surface area (Å²) >= 11 is 0. The molecule has 2 fully saturated rings. The van der Waals surface area contributed by atoms with E-state index in [1.165, 1.54) is 31.7 Å². The second kappa shape index (κ2) is 6.36. The number of carboxylic acid groups (broad SMARTS) is 1. The monoisotopic (exact) mass is 346 g/mol. The van der Waals surface area contributed by atoms with Gasteiger partial charge in [-0.15, -0.1) is 0 Å². The summed E-state index contributed by atoms with van der Waals surface area (Å²) in [5, 5.41) is 12.7. The highest BCUT2D eigenvalue weighted by atomic mass is 19.1. The molecular formula is C20H27FN2O2. The molecule has 3 aliphatic rings. The number of carbonyl (C=O) groups is 1. The summed E-state index contributed by atoms with van der Waals surface area (Å²) in [4.78, 5) is 13.8. The van der Waals surface area contributed by atoms with Gasteiger partial charge >= 0.3 is 5.97 Å². The van der Waals surface area contributed by atoms with Gasteiger partial charge in [-0.25, -0.2) is 9.18 Å². The van der Waals surface area contributed by atoms with Crippen LogP contribution in [0.25, 0.3) is 0 Å². The number of rotatable bonds is 3. The van der Waals surface area contributed by atoms with Gasteiger partial charge in [-0.2, -0.15) is 0 Å². The summed E-state index contributed by atoms with van der Waals surface area (Å²) in [7, 11) is 0. The maximum Gasteiger partial charge on any atom is 0.335 e. The predicted octanol–water partition coefficient (Wildman–Crippen LogP) is 3.19. The standard InChI is InChI=1S/C20H27FN2O2/c1-2-15-9-17-14(7-13(19(24)25)8-18(17)21)12-23(15)16-10-20(11-16)3-5-22-6-4-20/h7-8,15-16,22H,2-6,9-12H2,1H3,(H,24,25)/t15-/m1/s1. The number of halogens is 1. The van der Waals surface area contributed by atoms with Crippen molar-refractivity contribution in [2.24, 2.45) is 5.41 Å². The first-order chi connectivity index (χ1) is 12.0. The quantitative estimate of drug-likeness (QED) is 0.883. The third kappa shape index (κ3) is 2.97. The van der Waals surface area contributed by atoms with Crippen LogP contribution in [0.2, 0.25) is 0 Å². The van der Waals surface area contributed by atoms with Crippen molar-refractivity contribution in [2.75, 3.05) is 13.1 Å². The Morgan fingerprint density at radius 1 is 1.36 bits per heavy atom. The molecule has 4 rings (SSSR count). The van der Waals surface area contributed by atoms with Gasteiger partial charge in [0.15, 0.2) is 0 Å². The van der Waals surface area contributed by atoms with Gasteiger partial charge in [-0.05, 0) is 80.3 Å². The van der Waals surface area contributed by atoms with Crippen molar-refractivity contribution in [1.29, 1.82) is 0 Å². The maximum absolute atomic E-state index is 14.4. The zero-order chi connectivity index (χ0) is 17.6. The van der Waals surface area contributed by atoms with Crippen LogP contribution in [0.3, 0.4) is 0 Å². The minimum absolute atomic E-state index is 0.0644. The Hall–Kier alpha value is -1.46. The van der Waals surface area contributed by atoms with Crippen LogP contribution in [0.5, 0.6) is 0 Å². The Morgan fingerprint density at radius 2 is 2.08 bits per heavy atom. The van der Waals surface area contributed by atoms with Crippen LogP contribution in [0.15, 0.2) is 12.1 Å². The van der Waals surface area contributed by atoms with E-state index < -0.39 is 5.97 Å². The molecule has 2 heterocycles. The topological polar surface area (TPSA) is 52.6 Å². The molecule has 1 atom stereocenters. The summed E-state index contributed by atoms with van der Waals surface area (Å²) in [5.74, 6) is -1.40. The third-order valence-corrected chi connectivity index (χ3v) is 6.74. The Bertz CT molecular complexity index is 677. The molecule has 0 aromatic heterocycles. The van der Waals surface area contributed by atoms with Crippen molar-refractivity contribution >= 4 is 5.97 Å². The fourth-order valence-corrected chi connectivity index (χ4v) is 5.21. The number of nitrogens with zero attached hydrogens (tertiary/aromatic N) is 1. The van der Waals surface area contributed by atoms with E-state index in [4.69, 9.17) is 0 Å². The summed E-state index contributed by atoms with van der Waals surface area (Å²) in [6.07, 6.45) is 6.71. The maximum atomic E-state index is 14.4. The van der Waals surface area contributed by atoms with Gasteiger partial charge in [0.05, 0.1) is 5.56 Å². The highest BCUT2D eigenvalue weighted by Crippen LogP contribution is 2.51. The molecule has 136 valence electrons. The molecule has 1 spiro atoms. The van der Waals surface area contributed by atoms with Gasteiger partial charge in [0.25, 0.3) is 0 Å². The van der Waals surface area contributed by atoms with E-state index in [9.17, 15) is 14.3 Å². The molecule has 0 bridgehead atoms. The van der Waals surface area contributed by atoms with Gasteiger partial charge in [0.1, 0.15) is 5.82 Å². The first kappa shape index (κ1) is 17.0. The number of hydrogen-bond acceptors (Lipinski definition) is 3. The van der Waals surface area contributed by atoms with E-state index in [0.717, 1.165) is 30.6 Å². The smallest absolute Gasteiger partial charge is 0.335 e. The highest BCUT2D eigenvalue weighted by Gasteiger charge is 2.48. The van der Waals surface area contributed by atoms with Gasteiger partial charge in [0, 0.05) is 18.6 Å². The van der Waals surface area contributed by atoms with Crippen molar-refractivity contribution in [2.45, 2.75) is 64.1 Å². The van der Waals surface area contributed by atoms with Crippen LogP contribution in [-0.4, -0.2) is 41.1 Å². The summed E-state index contributed by atoms with van der Waals surface area (Å²) in [6.45, 7) is 5.11. The zero-order valence-electron chi connectivity index (χ0n) is 14.9. The van der Waals surface area contributed by atoms with E-state index in [1.54, 1.807) is 6.07 Å². The molecule has 1 aliphatic carbocycles. The van der Waals surface area contributed by atoms with Crippen LogP contribution in [0, 0.1) is 11.2 Å². The molecule has 25 heavy (non-hydrogen) atoms. The molecule has 0 amide bonds. The summed E-state index contributed by atoms with van der Waals surface area (Å²) in [6, 6.07) is 3.78. The second-order valence-corrected chi connectivity index (χ2v) is 8.15. The first-order valence-corrected chi connectivity index (χ1v) is 9.52. The zero-order valence-corrected chi connectivity index (χ0v) is 14.9. The van der Waals surface area contributed by atoms with E-state index in [1.807, 2.05) is 0 Å². The van der Waals surface area contributed by atoms with Crippen LogP contribution in [-0.2, 0) is 13.0 Å². The van der Waals surface area contributed by atoms with Crippen molar-refractivity contribution in [3.8, 4) is 0 Å². The number of piperidine rings is 1. The molecule has 5 heteroatoms. The first-order valence-electron chi connectivity index (χ1n) is 9.52. The second-order valence-electron chi connectivity index (χ2n) is 8.15. The minimum Gasteiger partial charge on any atom is -0.478 e. The lowest BCUT2D eigenvalue weighted by molar-refractivity contribution is -0.0475. The van der Waals surface area contributed by atoms with Gasteiger partial charge in [-0.3, -0.25) is 4.90 Å². The summed E-state index contributed by atoms with van der Waals surface area (Å²) in [5.41, 5.74) is 2.18. The van der Waals surface area contributed by atoms with Gasteiger partial charge < -0.3 is 10.4 Å². The molecule has 4 nitrogen and oxygen atoms in total. The molecule has 1 saturated heterocycles. The fraction of sp³-hybridized carbons (Fsp3) is 0.650. The lowest BCUT2D eigenvalue weighted by Gasteiger charge is -2.56. The fourth-order valence-electron chi connectivity index (χ4n) is 5.21. The van der Waals surface area contributed by atoms with E-state index in [2.05, 4.69) is 17.1 Å². The molecule has 2 N–H and O–H groups in total. The predicted molar refractivity (Wildman–Crippen MR) is 94.2 cm³/mol. The molecule has 1 aromatic carbocycles. The Balaban J connectivity index is 1.55. The molecule has 1 saturated carbocycles. The van der Waals surface area contributed by atoms with Crippen LogP contribution in [0.4, 0.5) is 4.39 Å². The Morgan fingerprint density at radius 3 is 2.72 bits per heavy atom. The van der Waals surface area contributed by atoms with Crippen LogP contribution < -0.4 is 5.32 Å². The van der Waals surface area contributed by atoms with E-state index in [-0.39, 0.29) is 11.4 Å². The van der Waals surface area contributed by atoms with Crippen molar-refractivity contribution < 1.29 is 14.3 Å². The average Bonchev–Trinajstić information content (AvgIpc) is 2.59. The lowest BCUT2D eigenvalue weighted by Crippen LogP contribution is -2.57. The van der Waals surface area contributed by atoms with Crippen LogP contribution >= 0.6 is 0 Å². The highest BCUT2D eigenvalue weighted by molar-refractivity contribution is 5.88. The lowest BCUT2D eigenvalue weighted by atomic mass is 9.59. The molecule has 1 aromatic rings. The van der Waals surface area contributed by atoms with Crippen molar-refractivity contribution in [3.63, 3.8) is 0 Å². The van der Waals surface area contributed by atoms with Crippen molar-refractivity contribution in [1.82, 2.24) is 10.2 Å². The molecule has 2 aliphatic heterocycles. The average molecular weight is 346 g/mol. The van der Waals surface area contributed by atoms with E-state index >= 15 is 0 Å². The molecular weight excluding hydrogens is 319 g/mol. The minimum atomic E-state index is -1.05.